The summed E-state index contributed by atoms with van der Waals surface area (Å²) in [7, 11) is 0. The lowest BCUT2D eigenvalue weighted by atomic mass is 10.3. The normalized spacial score (nSPS) is 9.82. The fourth-order valence-corrected chi connectivity index (χ4v) is 2.61. The number of aromatic nitrogens is 1. The third-order valence-electron chi connectivity index (χ3n) is 2.53. The monoisotopic (exact) mass is 379 g/mol. The van der Waals surface area contributed by atoms with Crippen LogP contribution < -0.4 is 5.32 Å². The molecule has 8 heteroatoms. The molecule has 2 rings (SSSR count). The first kappa shape index (κ1) is 16.1. The number of carbonyl (C=O) groups is 2. The Kier molecular flexibility index (Phi) is 5.63. The van der Waals surface area contributed by atoms with E-state index < -0.39 is 11.9 Å². The summed E-state index contributed by atoms with van der Waals surface area (Å²) in [5.74, 6) is -1.05. The van der Waals surface area contributed by atoms with Gasteiger partial charge in [-0.15, -0.1) is 0 Å². The van der Waals surface area contributed by atoms with E-state index in [1.54, 1.807) is 36.5 Å². The fourth-order valence-electron chi connectivity index (χ4n) is 1.57. The molecule has 0 aliphatic rings. The van der Waals surface area contributed by atoms with Crippen molar-refractivity contribution < 1.29 is 14.3 Å². The Balaban J connectivity index is 1.89. The molecule has 2 aromatic rings. The van der Waals surface area contributed by atoms with Gasteiger partial charge in [0.1, 0.15) is 11.1 Å². The van der Waals surface area contributed by atoms with Gasteiger partial charge < -0.3 is 15.0 Å². The van der Waals surface area contributed by atoms with Crippen molar-refractivity contribution in [3.05, 3.63) is 46.7 Å². The summed E-state index contributed by atoms with van der Waals surface area (Å²) in [6.45, 7) is -0.390. The van der Waals surface area contributed by atoms with Crippen molar-refractivity contribution in [1.82, 2.24) is 4.98 Å². The lowest BCUT2D eigenvalue weighted by Crippen LogP contribution is -2.21. The summed E-state index contributed by atoms with van der Waals surface area (Å²) in [4.78, 5) is 26.8. The maximum Gasteiger partial charge on any atom is 0.355 e. The number of anilines is 1. The molecule has 0 spiro atoms. The third kappa shape index (κ3) is 4.38. The number of esters is 1. The minimum absolute atomic E-state index is 0.284. The van der Waals surface area contributed by atoms with Crippen LogP contribution in [0.4, 0.5) is 5.69 Å². The molecule has 1 aromatic carbocycles. The predicted molar refractivity (Wildman–Crippen MR) is 85.3 cm³/mol. The van der Waals surface area contributed by atoms with Crippen LogP contribution >= 0.6 is 27.7 Å². The second-order valence-corrected chi connectivity index (χ2v) is 5.76. The van der Waals surface area contributed by atoms with Crippen molar-refractivity contribution in [2.45, 2.75) is 4.90 Å². The molecule has 0 atom stereocenters. The van der Waals surface area contributed by atoms with Crippen LogP contribution in [-0.4, -0.2) is 23.5 Å². The van der Waals surface area contributed by atoms with Gasteiger partial charge in [-0.2, -0.15) is 5.26 Å². The number of nitrogens with zero attached hydrogens (tertiary/aromatic N) is 1. The van der Waals surface area contributed by atoms with Gasteiger partial charge in [0.15, 0.2) is 6.61 Å². The minimum atomic E-state index is -0.597. The van der Waals surface area contributed by atoms with Gasteiger partial charge in [-0.25, -0.2) is 4.79 Å². The lowest BCUT2D eigenvalue weighted by molar-refractivity contribution is -0.119. The van der Waals surface area contributed by atoms with Crippen molar-refractivity contribution in [3.63, 3.8) is 0 Å². The maximum absolute atomic E-state index is 11.8. The third-order valence-corrected chi connectivity index (χ3v) is 3.77. The van der Waals surface area contributed by atoms with Crippen LogP contribution in [0.1, 0.15) is 10.5 Å². The summed E-state index contributed by atoms with van der Waals surface area (Å²) in [6.07, 6.45) is 1.59. The molecule has 1 amide bonds. The first-order valence-corrected chi connectivity index (χ1v) is 7.67. The van der Waals surface area contributed by atoms with Gasteiger partial charge >= 0.3 is 5.97 Å². The van der Waals surface area contributed by atoms with Crippen LogP contribution in [0.5, 0.6) is 0 Å². The van der Waals surface area contributed by atoms with E-state index in [2.05, 4.69) is 26.2 Å². The number of amides is 1. The van der Waals surface area contributed by atoms with Gasteiger partial charge in [0.2, 0.25) is 0 Å². The van der Waals surface area contributed by atoms with E-state index in [4.69, 9.17) is 10.00 Å². The number of H-pyrrole nitrogens is 1. The Bertz CT molecular complexity index is 725. The first-order valence-electron chi connectivity index (χ1n) is 6.06. The molecule has 0 saturated heterocycles. The number of nitriles is 1. The molecular formula is C14H10BrN3O3S. The molecule has 0 bridgehead atoms. The number of aromatic amines is 1. The number of benzene rings is 1. The van der Waals surface area contributed by atoms with Gasteiger partial charge in [-0.3, -0.25) is 4.79 Å². The number of carbonyl (C=O) groups excluding carboxylic acids is 2. The average molecular weight is 380 g/mol. The first-order chi connectivity index (χ1) is 10.6. The molecule has 1 aromatic heterocycles. The van der Waals surface area contributed by atoms with Gasteiger partial charge in [-0.05, 0) is 58.0 Å². The topological polar surface area (TPSA) is 95.0 Å². The lowest BCUT2D eigenvalue weighted by Gasteiger charge is -2.08. The van der Waals surface area contributed by atoms with Gasteiger partial charge in [0.05, 0.1) is 5.69 Å². The number of thioether (sulfide) groups is 1. The van der Waals surface area contributed by atoms with Gasteiger partial charge in [0, 0.05) is 15.6 Å². The van der Waals surface area contributed by atoms with Crippen molar-refractivity contribution in [3.8, 4) is 5.40 Å². The molecule has 22 heavy (non-hydrogen) atoms. The van der Waals surface area contributed by atoms with Crippen LogP contribution in [0, 0.1) is 10.7 Å². The van der Waals surface area contributed by atoms with Crippen molar-refractivity contribution in [2.75, 3.05) is 11.9 Å². The van der Waals surface area contributed by atoms with Gasteiger partial charge in [0.25, 0.3) is 5.91 Å². The second kappa shape index (κ2) is 7.68. The highest BCUT2D eigenvalue weighted by molar-refractivity contribution is 9.10. The Hall–Kier alpha value is -2.24. The van der Waals surface area contributed by atoms with E-state index in [1.165, 1.54) is 0 Å². The van der Waals surface area contributed by atoms with Crippen molar-refractivity contribution >= 4 is 45.3 Å². The Morgan fingerprint density at radius 3 is 2.86 bits per heavy atom. The molecule has 1 heterocycles. The predicted octanol–water partition coefficient (Wildman–Crippen LogP) is 3.15. The van der Waals surface area contributed by atoms with Crippen molar-refractivity contribution in [2.24, 2.45) is 0 Å². The molecule has 2 N–H and O–H groups in total. The molecule has 0 aliphatic heterocycles. The zero-order valence-corrected chi connectivity index (χ0v) is 13.5. The standard InChI is InChI=1S/C14H10BrN3O3S/c15-10-6-9(22-8-16)3-4-11(10)18-13(19)7-21-14(20)12-2-1-5-17-12/h1-6,17H,7H2,(H,18,19). The Morgan fingerprint density at radius 1 is 1.41 bits per heavy atom. The maximum atomic E-state index is 11.8. The highest BCUT2D eigenvalue weighted by Gasteiger charge is 2.12. The van der Waals surface area contributed by atoms with E-state index >= 15 is 0 Å². The largest absolute Gasteiger partial charge is 0.451 e. The van der Waals surface area contributed by atoms with E-state index in [0.29, 0.717) is 10.2 Å². The quantitative estimate of drug-likeness (QED) is 0.472. The molecule has 112 valence electrons. The van der Waals surface area contributed by atoms with E-state index in [1.807, 2.05) is 5.40 Å². The summed E-state index contributed by atoms with van der Waals surface area (Å²) in [6, 6.07) is 8.30. The smallest absolute Gasteiger partial charge is 0.355 e. The van der Waals surface area contributed by atoms with Crippen LogP contribution in [0.3, 0.4) is 0 Å². The molecule has 0 saturated carbocycles. The fraction of sp³-hybridized carbons (Fsp3) is 0.0714. The zero-order chi connectivity index (χ0) is 15.9. The Morgan fingerprint density at radius 2 is 2.23 bits per heavy atom. The second-order valence-electron chi connectivity index (χ2n) is 4.04. The van der Waals surface area contributed by atoms with Crippen LogP contribution in [0.2, 0.25) is 0 Å². The molecular weight excluding hydrogens is 370 g/mol. The van der Waals surface area contributed by atoms with E-state index in [9.17, 15) is 9.59 Å². The number of nitrogens with one attached hydrogen (secondary N) is 2. The number of rotatable bonds is 5. The molecule has 0 fully saturated rings. The summed E-state index contributed by atoms with van der Waals surface area (Å²) in [5, 5.41) is 13.2. The molecule has 6 nitrogen and oxygen atoms in total. The van der Waals surface area contributed by atoms with Crippen LogP contribution in [-0.2, 0) is 9.53 Å². The Labute approximate surface area is 139 Å². The summed E-state index contributed by atoms with van der Waals surface area (Å²) >= 11 is 4.33. The highest BCUT2D eigenvalue weighted by Crippen LogP contribution is 2.28. The average Bonchev–Trinajstić information content (AvgIpc) is 3.02. The van der Waals surface area contributed by atoms with Gasteiger partial charge in [-0.1, -0.05) is 0 Å². The summed E-state index contributed by atoms with van der Waals surface area (Å²) < 4.78 is 5.51. The van der Waals surface area contributed by atoms with E-state index in [0.717, 1.165) is 16.7 Å². The van der Waals surface area contributed by atoms with E-state index in [-0.39, 0.29) is 12.3 Å². The number of halogens is 1. The highest BCUT2D eigenvalue weighted by atomic mass is 79.9. The van der Waals surface area contributed by atoms with Crippen LogP contribution in [0.15, 0.2) is 45.9 Å². The number of hydrogen-bond acceptors (Lipinski definition) is 5. The molecule has 0 unspecified atom stereocenters. The molecule has 0 aliphatic carbocycles. The molecule has 0 radical (unpaired) electrons. The zero-order valence-electron chi connectivity index (χ0n) is 11.1. The number of ether oxygens (including phenoxy) is 1. The van der Waals surface area contributed by atoms with Crippen molar-refractivity contribution in [1.29, 1.82) is 5.26 Å². The number of thiocyanates is 1. The van der Waals surface area contributed by atoms with Crippen LogP contribution in [0.25, 0.3) is 0 Å². The SMILES string of the molecule is N#CSc1ccc(NC(=O)COC(=O)c2ccc[nH]2)c(Br)c1. The summed E-state index contributed by atoms with van der Waals surface area (Å²) in [5.41, 5.74) is 0.815. The number of hydrogen-bond donors (Lipinski definition) is 2. The minimum Gasteiger partial charge on any atom is -0.451 e.